The highest BCUT2D eigenvalue weighted by atomic mass is 15.1. The van der Waals surface area contributed by atoms with Crippen LogP contribution >= 0.6 is 0 Å². The van der Waals surface area contributed by atoms with E-state index in [1.807, 2.05) is 0 Å². The molecule has 1 aromatic heterocycles. The monoisotopic (exact) mass is 750 g/mol. The van der Waals surface area contributed by atoms with Gasteiger partial charge in [-0.2, -0.15) is 0 Å². The van der Waals surface area contributed by atoms with Crippen LogP contribution in [0.5, 0.6) is 0 Å². The van der Waals surface area contributed by atoms with E-state index in [0.29, 0.717) is 5.92 Å². The lowest BCUT2D eigenvalue weighted by Crippen LogP contribution is -2.15. The fourth-order valence-corrected chi connectivity index (χ4v) is 9.65. The molecule has 0 saturated heterocycles. The van der Waals surface area contributed by atoms with Gasteiger partial charge < -0.3 is 9.47 Å². The second kappa shape index (κ2) is 14.8. The molecule has 1 aliphatic carbocycles. The van der Waals surface area contributed by atoms with Crippen LogP contribution < -0.4 is 4.90 Å². The molecule has 1 aliphatic rings. The van der Waals surface area contributed by atoms with E-state index in [9.17, 15) is 0 Å². The van der Waals surface area contributed by atoms with Gasteiger partial charge in [-0.3, -0.25) is 0 Å². The quantitative estimate of drug-likeness (QED) is 0.157. The van der Waals surface area contributed by atoms with E-state index in [4.69, 9.17) is 0 Å². The van der Waals surface area contributed by atoms with Gasteiger partial charge in [0.05, 0.1) is 22.4 Å². The Labute approximate surface area is 343 Å². The minimum Gasteiger partial charge on any atom is -0.309 e. The average molecular weight is 751 g/mol. The van der Waals surface area contributed by atoms with Crippen molar-refractivity contribution in [1.82, 2.24) is 4.57 Å². The fraction of sp³-hybridized carbons (Fsp3) is 0.179. The van der Waals surface area contributed by atoms with Gasteiger partial charge in [0.1, 0.15) is 0 Å². The molecule has 0 N–H and O–H groups in total. The van der Waals surface area contributed by atoms with E-state index in [2.05, 4.69) is 212 Å². The van der Waals surface area contributed by atoms with Crippen LogP contribution in [-0.4, -0.2) is 4.57 Å². The highest BCUT2D eigenvalue weighted by molar-refractivity contribution is 6.11. The summed E-state index contributed by atoms with van der Waals surface area (Å²) in [5.41, 5.74) is 14.7. The van der Waals surface area contributed by atoms with Crippen molar-refractivity contribution < 1.29 is 0 Å². The van der Waals surface area contributed by atoms with Crippen LogP contribution in [0.2, 0.25) is 0 Å². The number of para-hydroxylation sites is 3. The SMILES string of the molecule is CC(C)(C)c1ccc(N(c2ccc3c4ccccc4n(-c4ccccc4)c3c2)c2ccccc2-c2cccc3cccc(C4CCCCC4)c23)c(-c2ccccc2)c1. The van der Waals surface area contributed by atoms with Gasteiger partial charge in [0.15, 0.2) is 0 Å². The summed E-state index contributed by atoms with van der Waals surface area (Å²) in [6.07, 6.45) is 6.48. The van der Waals surface area contributed by atoms with Crippen LogP contribution in [0, 0.1) is 0 Å². The fourth-order valence-electron chi connectivity index (χ4n) is 9.65. The average Bonchev–Trinajstić information content (AvgIpc) is 3.60. The minimum atomic E-state index is -0.0151. The van der Waals surface area contributed by atoms with Gasteiger partial charge in [-0.25, -0.2) is 0 Å². The molecule has 8 aromatic carbocycles. The standard InChI is InChI=1S/C56H50N2/c1-56(2,3)42-33-36-53(50(37-42)40-21-9-5-10-22-40)58(44-34-35-48-46-27-13-15-31-51(46)57(54(48)38-44)43-25-11-6-12-26-43)52-32-16-14-28-47(52)49-30-18-24-41-23-17-29-45(55(41)49)39-19-7-4-8-20-39/h5-6,9-18,21-39H,4,7-8,19-20H2,1-3H3. The number of aromatic nitrogens is 1. The Morgan fingerprint density at radius 2 is 1.16 bits per heavy atom. The smallest absolute Gasteiger partial charge is 0.0561 e. The molecule has 0 amide bonds. The van der Waals surface area contributed by atoms with Crippen molar-refractivity contribution in [2.45, 2.75) is 64.2 Å². The Bertz CT molecular complexity index is 2900. The molecular formula is C56H50N2. The first kappa shape index (κ1) is 36.0. The van der Waals surface area contributed by atoms with Crippen LogP contribution in [0.1, 0.15) is 69.9 Å². The molecule has 0 atom stereocenters. The van der Waals surface area contributed by atoms with Crippen LogP contribution in [0.4, 0.5) is 17.1 Å². The maximum Gasteiger partial charge on any atom is 0.0561 e. The Kier molecular flexibility index (Phi) is 9.21. The first-order valence-corrected chi connectivity index (χ1v) is 21.1. The molecule has 284 valence electrons. The molecule has 0 unspecified atom stereocenters. The predicted molar refractivity (Wildman–Crippen MR) is 248 cm³/mol. The number of benzene rings is 8. The highest BCUT2D eigenvalue weighted by Crippen LogP contribution is 2.49. The molecule has 0 bridgehead atoms. The van der Waals surface area contributed by atoms with E-state index in [-0.39, 0.29) is 5.41 Å². The molecule has 9 aromatic rings. The van der Waals surface area contributed by atoms with Crippen molar-refractivity contribution in [3.63, 3.8) is 0 Å². The number of rotatable bonds is 7. The van der Waals surface area contributed by atoms with Crippen LogP contribution in [0.15, 0.2) is 182 Å². The summed E-state index contributed by atoms with van der Waals surface area (Å²) in [5.74, 6) is 0.582. The van der Waals surface area contributed by atoms with Gasteiger partial charge in [0, 0.05) is 33.3 Å². The summed E-state index contributed by atoms with van der Waals surface area (Å²) in [7, 11) is 0. The van der Waals surface area contributed by atoms with Gasteiger partial charge in [0.25, 0.3) is 0 Å². The minimum absolute atomic E-state index is 0.0151. The topological polar surface area (TPSA) is 8.17 Å². The molecule has 1 saturated carbocycles. The first-order chi connectivity index (χ1) is 28.4. The summed E-state index contributed by atoms with van der Waals surface area (Å²) < 4.78 is 2.43. The van der Waals surface area contributed by atoms with Gasteiger partial charge in [-0.05, 0) is 106 Å². The number of anilines is 3. The zero-order chi connectivity index (χ0) is 39.2. The first-order valence-electron chi connectivity index (χ1n) is 21.1. The van der Waals surface area contributed by atoms with Crippen LogP contribution in [0.3, 0.4) is 0 Å². The summed E-state index contributed by atoms with van der Waals surface area (Å²) in [6, 6.07) is 67.8. The molecule has 0 spiro atoms. The lowest BCUT2D eigenvalue weighted by Gasteiger charge is -2.32. The number of hydrogen-bond acceptors (Lipinski definition) is 1. The molecular weight excluding hydrogens is 701 g/mol. The Balaban J connectivity index is 1.28. The van der Waals surface area contributed by atoms with Crippen molar-refractivity contribution in [2.75, 3.05) is 4.90 Å². The summed E-state index contributed by atoms with van der Waals surface area (Å²) in [5, 5.41) is 5.21. The van der Waals surface area contributed by atoms with Crippen molar-refractivity contribution in [3.05, 3.63) is 193 Å². The van der Waals surface area contributed by atoms with Crippen molar-refractivity contribution in [2.24, 2.45) is 0 Å². The zero-order valence-corrected chi connectivity index (χ0v) is 33.8. The molecule has 2 nitrogen and oxygen atoms in total. The highest BCUT2D eigenvalue weighted by Gasteiger charge is 2.26. The molecule has 2 heteroatoms. The van der Waals surface area contributed by atoms with Crippen molar-refractivity contribution in [3.8, 4) is 27.9 Å². The third-order valence-electron chi connectivity index (χ3n) is 12.5. The lowest BCUT2D eigenvalue weighted by molar-refractivity contribution is 0.445. The lowest BCUT2D eigenvalue weighted by atomic mass is 9.80. The number of fused-ring (bicyclic) bond motifs is 4. The van der Waals surface area contributed by atoms with Gasteiger partial charge in [0.2, 0.25) is 0 Å². The van der Waals surface area contributed by atoms with Gasteiger partial charge >= 0.3 is 0 Å². The molecule has 1 fully saturated rings. The van der Waals surface area contributed by atoms with Crippen molar-refractivity contribution >= 4 is 49.6 Å². The van der Waals surface area contributed by atoms with E-state index in [1.54, 1.807) is 0 Å². The van der Waals surface area contributed by atoms with Crippen LogP contribution in [-0.2, 0) is 5.41 Å². The summed E-state index contributed by atoms with van der Waals surface area (Å²) >= 11 is 0. The molecule has 1 heterocycles. The molecule has 10 rings (SSSR count). The molecule has 58 heavy (non-hydrogen) atoms. The summed E-state index contributed by atoms with van der Waals surface area (Å²) in [4.78, 5) is 2.54. The van der Waals surface area contributed by atoms with Gasteiger partial charge in [-0.15, -0.1) is 0 Å². The van der Waals surface area contributed by atoms with E-state index in [1.165, 1.54) is 98.1 Å². The second-order valence-electron chi connectivity index (χ2n) is 17.2. The normalized spacial score (nSPS) is 13.7. The zero-order valence-electron chi connectivity index (χ0n) is 33.8. The Morgan fingerprint density at radius 1 is 0.500 bits per heavy atom. The van der Waals surface area contributed by atoms with E-state index < -0.39 is 0 Å². The number of hydrogen-bond donors (Lipinski definition) is 0. The third kappa shape index (κ3) is 6.38. The number of nitrogens with zero attached hydrogens (tertiary/aromatic N) is 2. The van der Waals surface area contributed by atoms with E-state index >= 15 is 0 Å². The van der Waals surface area contributed by atoms with E-state index in [0.717, 1.165) is 22.7 Å². The third-order valence-corrected chi connectivity index (χ3v) is 12.5. The molecule has 0 radical (unpaired) electrons. The van der Waals surface area contributed by atoms with Crippen LogP contribution in [0.25, 0.3) is 60.5 Å². The largest absolute Gasteiger partial charge is 0.309 e. The van der Waals surface area contributed by atoms with Gasteiger partial charge in [-0.1, -0.05) is 173 Å². The Morgan fingerprint density at radius 3 is 1.95 bits per heavy atom. The van der Waals surface area contributed by atoms with Crippen molar-refractivity contribution in [1.29, 1.82) is 0 Å². The second-order valence-corrected chi connectivity index (χ2v) is 17.2. The molecule has 0 aliphatic heterocycles. The maximum absolute atomic E-state index is 2.54. The maximum atomic E-state index is 2.54. The summed E-state index contributed by atoms with van der Waals surface area (Å²) in [6.45, 7) is 6.93. The Hall–Kier alpha value is -6.38. The predicted octanol–water partition coefficient (Wildman–Crippen LogP) is 16.1.